The lowest BCUT2D eigenvalue weighted by molar-refractivity contribution is -0.676. The van der Waals surface area contributed by atoms with Gasteiger partial charge in [0.1, 0.15) is 18.9 Å². The molecule has 0 saturated carbocycles. The lowest BCUT2D eigenvalue weighted by atomic mass is 10.0. The average molecular weight is 299 g/mol. The Balaban J connectivity index is 1.48. The number of hydrogen-bond donors (Lipinski definition) is 1. The van der Waals surface area contributed by atoms with Crippen LogP contribution in [0, 0.1) is 12.7 Å². The topological polar surface area (TPSA) is 38.2 Å². The maximum absolute atomic E-state index is 12.8. The minimum atomic E-state index is -0.195. The quantitative estimate of drug-likeness (QED) is 0.904. The Bertz CT molecular complexity index is 667. The highest BCUT2D eigenvalue weighted by molar-refractivity contribution is 6.02. The first-order valence-corrected chi connectivity index (χ1v) is 7.57. The van der Waals surface area contributed by atoms with Gasteiger partial charge in [0.25, 0.3) is 0 Å². The Kier molecular flexibility index (Phi) is 4.49. The molecule has 0 saturated heterocycles. The molecule has 1 aliphatic heterocycles. The van der Waals surface area contributed by atoms with Gasteiger partial charge in [0, 0.05) is 17.5 Å². The third kappa shape index (κ3) is 3.52. The standard InChI is InChI=1S/C18H19FN2O/c1-13-4-2-3-5-17(13)18-10-16(22-21-18)12-20-11-14-6-8-15(19)9-7-14/h2-9,16,20H,10-12H2,1H3/p+1/t16-/m1/s1. The summed E-state index contributed by atoms with van der Waals surface area (Å²) in [6, 6.07) is 14.9. The van der Waals surface area contributed by atoms with E-state index in [1.165, 1.54) is 23.3 Å². The predicted molar refractivity (Wildman–Crippen MR) is 84.1 cm³/mol. The summed E-state index contributed by atoms with van der Waals surface area (Å²) < 4.78 is 12.8. The van der Waals surface area contributed by atoms with Crippen LogP contribution in [0.4, 0.5) is 4.39 Å². The highest BCUT2D eigenvalue weighted by atomic mass is 19.1. The number of quaternary nitrogens is 1. The Labute approximate surface area is 129 Å². The predicted octanol–water partition coefficient (Wildman–Crippen LogP) is 2.39. The van der Waals surface area contributed by atoms with E-state index in [-0.39, 0.29) is 11.9 Å². The molecular formula is C18H20FN2O+. The molecule has 114 valence electrons. The smallest absolute Gasteiger partial charge is 0.181 e. The van der Waals surface area contributed by atoms with Crippen LogP contribution >= 0.6 is 0 Å². The van der Waals surface area contributed by atoms with Crippen LogP contribution in [0.3, 0.4) is 0 Å². The van der Waals surface area contributed by atoms with Gasteiger partial charge in [0.2, 0.25) is 0 Å². The number of halogens is 1. The molecule has 3 nitrogen and oxygen atoms in total. The van der Waals surface area contributed by atoms with Crippen molar-refractivity contribution in [2.24, 2.45) is 5.16 Å². The fourth-order valence-electron chi connectivity index (χ4n) is 2.67. The van der Waals surface area contributed by atoms with Gasteiger partial charge in [-0.15, -0.1) is 0 Å². The Hall–Kier alpha value is -2.20. The molecule has 0 fully saturated rings. The second kappa shape index (κ2) is 6.71. The molecule has 3 rings (SSSR count). The lowest BCUT2D eigenvalue weighted by Crippen LogP contribution is -2.84. The van der Waals surface area contributed by atoms with Gasteiger partial charge in [-0.05, 0) is 24.6 Å². The van der Waals surface area contributed by atoms with Crippen molar-refractivity contribution >= 4 is 5.71 Å². The molecule has 0 bridgehead atoms. The van der Waals surface area contributed by atoms with Gasteiger partial charge in [0.05, 0.1) is 5.71 Å². The van der Waals surface area contributed by atoms with Crippen molar-refractivity contribution < 1.29 is 14.5 Å². The molecule has 2 aromatic rings. The zero-order valence-corrected chi connectivity index (χ0v) is 12.6. The molecule has 0 unspecified atom stereocenters. The zero-order chi connectivity index (χ0) is 15.4. The van der Waals surface area contributed by atoms with Crippen LogP contribution in [-0.2, 0) is 11.4 Å². The monoisotopic (exact) mass is 299 g/mol. The van der Waals surface area contributed by atoms with Crippen LogP contribution in [0.5, 0.6) is 0 Å². The first-order chi connectivity index (χ1) is 10.7. The molecule has 0 aromatic heterocycles. The van der Waals surface area contributed by atoms with Crippen LogP contribution in [0.1, 0.15) is 23.1 Å². The van der Waals surface area contributed by atoms with Crippen LogP contribution < -0.4 is 5.32 Å². The van der Waals surface area contributed by atoms with E-state index in [4.69, 9.17) is 4.84 Å². The van der Waals surface area contributed by atoms with Crippen LogP contribution in [0.2, 0.25) is 0 Å². The van der Waals surface area contributed by atoms with Crippen LogP contribution in [0.25, 0.3) is 0 Å². The number of nitrogens with two attached hydrogens (primary N) is 1. The Morgan fingerprint density at radius 1 is 1.18 bits per heavy atom. The molecule has 1 heterocycles. The van der Waals surface area contributed by atoms with E-state index in [1.54, 1.807) is 0 Å². The second-order valence-electron chi connectivity index (χ2n) is 5.64. The van der Waals surface area contributed by atoms with E-state index in [9.17, 15) is 4.39 Å². The molecule has 2 aromatic carbocycles. The first kappa shape index (κ1) is 14.7. The molecule has 0 radical (unpaired) electrons. The summed E-state index contributed by atoms with van der Waals surface area (Å²) in [6.45, 7) is 3.75. The van der Waals surface area contributed by atoms with Gasteiger partial charge in [-0.1, -0.05) is 41.6 Å². The largest absolute Gasteiger partial charge is 0.386 e. The summed E-state index contributed by atoms with van der Waals surface area (Å²) in [6.07, 6.45) is 0.945. The fourth-order valence-corrected chi connectivity index (χ4v) is 2.67. The van der Waals surface area contributed by atoms with Crippen LogP contribution in [-0.4, -0.2) is 18.4 Å². The minimum absolute atomic E-state index is 0.107. The van der Waals surface area contributed by atoms with Crippen molar-refractivity contribution in [2.75, 3.05) is 6.54 Å². The Morgan fingerprint density at radius 3 is 2.73 bits per heavy atom. The number of oxime groups is 1. The van der Waals surface area contributed by atoms with E-state index >= 15 is 0 Å². The normalized spacial score (nSPS) is 17.2. The molecular weight excluding hydrogens is 279 g/mol. The van der Waals surface area contributed by atoms with Crippen LogP contribution in [0.15, 0.2) is 53.7 Å². The molecule has 0 aliphatic carbocycles. The van der Waals surface area contributed by atoms with E-state index < -0.39 is 0 Å². The maximum atomic E-state index is 12.8. The van der Waals surface area contributed by atoms with Gasteiger partial charge < -0.3 is 10.2 Å². The first-order valence-electron chi connectivity index (χ1n) is 7.57. The zero-order valence-electron chi connectivity index (χ0n) is 12.6. The van der Waals surface area contributed by atoms with E-state index in [0.29, 0.717) is 0 Å². The summed E-state index contributed by atoms with van der Waals surface area (Å²) in [7, 11) is 0. The van der Waals surface area contributed by atoms with Crippen molar-refractivity contribution in [3.8, 4) is 0 Å². The number of aryl methyl sites for hydroxylation is 1. The SMILES string of the molecule is Cc1ccccc1C1=NO[C@@H](C[NH2+]Cc2ccc(F)cc2)C1. The molecule has 4 heteroatoms. The maximum Gasteiger partial charge on any atom is 0.181 e. The summed E-state index contributed by atoms with van der Waals surface area (Å²) in [5.74, 6) is -0.195. The third-order valence-electron chi connectivity index (χ3n) is 3.91. The van der Waals surface area contributed by atoms with Crippen molar-refractivity contribution in [3.05, 3.63) is 71.0 Å². The van der Waals surface area contributed by atoms with E-state index in [0.717, 1.165) is 30.8 Å². The lowest BCUT2D eigenvalue weighted by Gasteiger charge is -2.07. The van der Waals surface area contributed by atoms with E-state index in [1.807, 2.05) is 24.3 Å². The van der Waals surface area contributed by atoms with Gasteiger partial charge in [0.15, 0.2) is 6.10 Å². The second-order valence-corrected chi connectivity index (χ2v) is 5.64. The summed E-state index contributed by atoms with van der Waals surface area (Å²) in [5.41, 5.74) is 4.53. The van der Waals surface area contributed by atoms with Crippen molar-refractivity contribution in [3.63, 3.8) is 0 Å². The average Bonchev–Trinajstić information content (AvgIpc) is 2.98. The van der Waals surface area contributed by atoms with Crippen molar-refractivity contribution in [1.29, 1.82) is 0 Å². The van der Waals surface area contributed by atoms with Crippen molar-refractivity contribution in [1.82, 2.24) is 0 Å². The van der Waals surface area contributed by atoms with Crippen molar-refractivity contribution in [2.45, 2.75) is 26.0 Å². The number of benzene rings is 2. The molecule has 0 amide bonds. The highest BCUT2D eigenvalue weighted by Gasteiger charge is 2.24. The fraction of sp³-hybridized carbons (Fsp3) is 0.278. The van der Waals surface area contributed by atoms with E-state index in [2.05, 4.69) is 29.5 Å². The molecule has 2 N–H and O–H groups in total. The summed E-state index contributed by atoms with van der Waals surface area (Å²) in [5, 5.41) is 6.41. The van der Waals surface area contributed by atoms with Gasteiger partial charge in [-0.2, -0.15) is 0 Å². The van der Waals surface area contributed by atoms with Gasteiger partial charge in [-0.25, -0.2) is 4.39 Å². The highest BCUT2D eigenvalue weighted by Crippen LogP contribution is 2.18. The molecule has 22 heavy (non-hydrogen) atoms. The summed E-state index contributed by atoms with van der Waals surface area (Å²) in [4.78, 5) is 5.53. The number of hydrogen-bond acceptors (Lipinski definition) is 2. The number of rotatable bonds is 5. The number of nitrogens with zero attached hydrogens (tertiary/aromatic N) is 1. The van der Waals surface area contributed by atoms with Gasteiger partial charge >= 0.3 is 0 Å². The molecule has 1 atom stereocenters. The minimum Gasteiger partial charge on any atom is -0.386 e. The summed E-state index contributed by atoms with van der Waals surface area (Å²) >= 11 is 0. The molecule has 0 spiro atoms. The third-order valence-corrected chi connectivity index (χ3v) is 3.91. The Morgan fingerprint density at radius 2 is 1.95 bits per heavy atom. The van der Waals surface area contributed by atoms with Gasteiger partial charge in [-0.3, -0.25) is 0 Å². The molecule has 1 aliphatic rings.